The molecule has 0 atom stereocenters. The van der Waals surface area contributed by atoms with Gasteiger partial charge in [-0.1, -0.05) is 12.1 Å². The number of amides is 1. The van der Waals surface area contributed by atoms with Gasteiger partial charge in [-0.2, -0.15) is 5.26 Å². The molecule has 0 unspecified atom stereocenters. The quantitative estimate of drug-likeness (QED) is 0.890. The minimum Gasteiger partial charge on any atom is -0.368 e. The van der Waals surface area contributed by atoms with Crippen molar-refractivity contribution in [2.24, 2.45) is 0 Å². The summed E-state index contributed by atoms with van der Waals surface area (Å²) < 4.78 is 13.7. The van der Waals surface area contributed by atoms with Crippen LogP contribution in [-0.4, -0.2) is 43.5 Å². The van der Waals surface area contributed by atoms with E-state index in [1.807, 2.05) is 28.5 Å². The van der Waals surface area contributed by atoms with Crippen LogP contribution in [0.25, 0.3) is 0 Å². The summed E-state index contributed by atoms with van der Waals surface area (Å²) in [7, 11) is 0. The minimum atomic E-state index is -0.490. The Labute approximate surface area is 150 Å². The topological polar surface area (TPSA) is 59.4 Å². The van der Waals surface area contributed by atoms with E-state index in [9.17, 15) is 9.18 Å². The summed E-state index contributed by atoms with van der Waals surface area (Å²) in [5.74, 6) is -0.485. The number of nitriles is 1. The molecule has 0 radical (unpaired) electrons. The van der Waals surface area contributed by atoms with Crippen molar-refractivity contribution in [3.05, 3.63) is 52.0 Å². The number of thiophene rings is 1. The molecule has 25 heavy (non-hydrogen) atoms. The number of halogens is 1. The van der Waals surface area contributed by atoms with Crippen LogP contribution in [0.3, 0.4) is 0 Å². The molecular weight excluding hydrogens is 339 g/mol. The lowest BCUT2D eigenvalue weighted by atomic mass is 10.1. The Kier molecular flexibility index (Phi) is 5.64. The van der Waals surface area contributed by atoms with E-state index >= 15 is 0 Å². The van der Waals surface area contributed by atoms with Gasteiger partial charge in [0, 0.05) is 31.1 Å². The first-order valence-electron chi connectivity index (χ1n) is 8.12. The van der Waals surface area contributed by atoms with Crippen molar-refractivity contribution in [2.75, 3.05) is 37.6 Å². The Balaban J connectivity index is 1.50. The van der Waals surface area contributed by atoms with Gasteiger partial charge in [-0.25, -0.2) is 4.39 Å². The van der Waals surface area contributed by atoms with Crippen molar-refractivity contribution in [3.8, 4) is 6.07 Å². The molecule has 7 heteroatoms. The number of piperazine rings is 1. The van der Waals surface area contributed by atoms with Crippen LogP contribution in [0, 0.1) is 17.1 Å². The van der Waals surface area contributed by atoms with Crippen LogP contribution in [0.2, 0.25) is 0 Å². The van der Waals surface area contributed by atoms with Crippen LogP contribution in [0.5, 0.6) is 0 Å². The van der Waals surface area contributed by atoms with Gasteiger partial charge >= 0.3 is 0 Å². The maximum atomic E-state index is 13.7. The van der Waals surface area contributed by atoms with Gasteiger partial charge in [-0.3, -0.25) is 9.69 Å². The van der Waals surface area contributed by atoms with Crippen LogP contribution in [0.1, 0.15) is 10.4 Å². The molecule has 2 heterocycles. The van der Waals surface area contributed by atoms with E-state index in [1.165, 1.54) is 6.07 Å². The first-order valence-corrected chi connectivity index (χ1v) is 9.00. The first-order chi connectivity index (χ1) is 12.2. The molecule has 130 valence electrons. The Morgan fingerprint density at radius 2 is 2.04 bits per heavy atom. The molecule has 3 rings (SSSR count). The summed E-state index contributed by atoms with van der Waals surface area (Å²) >= 11 is 1.62. The molecule has 1 aromatic carbocycles. The molecule has 1 fully saturated rings. The summed E-state index contributed by atoms with van der Waals surface area (Å²) in [6.45, 7) is 3.65. The monoisotopic (exact) mass is 358 g/mol. The standard InChI is InChI=1S/C18H19FN4OS/c19-16-4-1-5-17(15(16)11-20)23-8-6-22(7-9-23)13-18(24)21-12-14-3-2-10-25-14/h1-5,10H,6-9,12-13H2,(H,21,24). The average molecular weight is 358 g/mol. The minimum absolute atomic E-state index is 0.00493. The summed E-state index contributed by atoms with van der Waals surface area (Å²) in [4.78, 5) is 17.3. The number of benzene rings is 1. The largest absolute Gasteiger partial charge is 0.368 e. The van der Waals surface area contributed by atoms with Gasteiger partial charge in [0.05, 0.1) is 18.8 Å². The summed E-state index contributed by atoms with van der Waals surface area (Å²) in [5, 5.41) is 14.1. The van der Waals surface area contributed by atoms with Crippen LogP contribution >= 0.6 is 11.3 Å². The predicted molar refractivity (Wildman–Crippen MR) is 95.9 cm³/mol. The van der Waals surface area contributed by atoms with E-state index in [2.05, 4.69) is 10.2 Å². The Hall–Kier alpha value is -2.43. The zero-order valence-corrected chi connectivity index (χ0v) is 14.6. The zero-order valence-electron chi connectivity index (χ0n) is 13.7. The molecule has 1 amide bonds. The highest BCUT2D eigenvalue weighted by Crippen LogP contribution is 2.23. The molecule has 0 saturated carbocycles. The van der Waals surface area contributed by atoms with Crippen molar-refractivity contribution in [2.45, 2.75) is 6.54 Å². The fourth-order valence-corrected chi connectivity index (χ4v) is 3.54. The summed E-state index contributed by atoms with van der Waals surface area (Å²) in [5.41, 5.74) is 0.717. The molecule has 2 aromatic rings. The molecule has 0 spiro atoms. The number of nitrogens with zero attached hydrogens (tertiary/aromatic N) is 3. The molecular formula is C18H19FN4OS. The van der Waals surface area contributed by atoms with Crippen molar-refractivity contribution in [1.29, 1.82) is 5.26 Å². The zero-order chi connectivity index (χ0) is 17.6. The van der Waals surface area contributed by atoms with E-state index < -0.39 is 5.82 Å². The molecule has 1 aromatic heterocycles. The highest BCUT2D eigenvalue weighted by Gasteiger charge is 2.22. The summed E-state index contributed by atoms with van der Waals surface area (Å²) in [6.07, 6.45) is 0. The Morgan fingerprint density at radius 3 is 2.72 bits per heavy atom. The van der Waals surface area contributed by atoms with E-state index in [0.717, 1.165) is 4.88 Å². The highest BCUT2D eigenvalue weighted by atomic mass is 32.1. The lowest BCUT2D eigenvalue weighted by Gasteiger charge is -2.36. The smallest absolute Gasteiger partial charge is 0.234 e. The van der Waals surface area contributed by atoms with Crippen LogP contribution in [-0.2, 0) is 11.3 Å². The average Bonchev–Trinajstić information content (AvgIpc) is 3.14. The van der Waals surface area contributed by atoms with E-state index in [4.69, 9.17) is 5.26 Å². The van der Waals surface area contributed by atoms with Crippen molar-refractivity contribution >= 4 is 22.9 Å². The second-order valence-corrected chi connectivity index (χ2v) is 6.90. The maximum Gasteiger partial charge on any atom is 0.234 e. The van der Waals surface area contributed by atoms with Gasteiger partial charge in [0.1, 0.15) is 17.4 Å². The third-order valence-electron chi connectivity index (χ3n) is 4.22. The highest BCUT2D eigenvalue weighted by molar-refractivity contribution is 7.09. The molecule has 5 nitrogen and oxygen atoms in total. The molecule has 0 aliphatic carbocycles. The Bertz CT molecular complexity index is 764. The van der Waals surface area contributed by atoms with E-state index in [1.54, 1.807) is 23.5 Å². The van der Waals surface area contributed by atoms with Gasteiger partial charge in [0.2, 0.25) is 5.91 Å². The number of rotatable bonds is 5. The SMILES string of the molecule is N#Cc1c(F)cccc1N1CCN(CC(=O)NCc2cccs2)CC1. The molecule has 0 bridgehead atoms. The lowest BCUT2D eigenvalue weighted by molar-refractivity contribution is -0.122. The van der Waals surface area contributed by atoms with Gasteiger partial charge < -0.3 is 10.2 Å². The third kappa shape index (κ3) is 4.35. The predicted octanol–water partition coefficient (Wildman–Crippen LogP) is 2.20. The van der Waals surface area contributed by atoms with Crippen molar-refractivity contribution in [3.63, 3.8) is 0 Å². The number of nitrogens with one attached hydrogen (secondary N) is 1. The van der Waals surface area contributed by atoms with Gasteiger partial charge in [0.15, 0.2) is 0 Å². The van der Waals surface area contributed by atoms with E-state index in [-0.39, 0.29) is 11.5 Å². The van der Waals surface area contributed by atoms with Gasteiger partial charge in [-0.05, 0) is 23.6 Å². The van der Waals surface area contributed by atoms with Gasteiger partial charge in [0.25, 0.3) is 0 Å². The fraction of sp³-hybridized carbons (Fsp3) is 0.333. The second-order valence-electron chi connectivity index (χ2n) is 5.87. The lowest BCUT2D eigenvalue weighted by Crippen LogP contribution is -2.49. The van der Waals surface area contributed by atoms with E-state index in [0.29, 0.717) is 45.0 Å². The molecule has 1 aliphatic rings. The third-order valence-corrected chi connectivity index (χ3v) is 5.10. The number of carbonyl (C=O) groups excluding carboxylic acids is 1. The molecule has 1 saturated heterocycles. The van der Waals surface area contributed by atoms with Crippen molar-refractivity contribution in [1.82, 2.24) is 10.2 Å². The van der Waals surface area contributed by atoms with Crippen LogP contribution < -0.4 is 10.2 Å². The second kappa shape index (κ2) is 8.10. The van der Waals surface area contributed by atoms with Crippen molar-refractivity contribution < 1.29 is 9.18 Å². The number of hydrogen-bond donors (Lipinski definition) is 1. The number of hydrogen-bond acceptors (Lipinski definition) is 5. The first kappa shape index (κ1) is 17.4. The van der Waals surface area contributed by atoms with Crippen LogP contribution in [0.4, 0.5) is 10.1 Å². The Morgan fingerprint density at radius 1 is 1.24 bits per heavy atom. The summed E-state index contributed by atoms with van der Waals surface area (Å²) in [6, 6.07) is 10.6. The fourth-order valence-electron chi connectivity index (χ4n) is 2.89. The number of carbonyl (C=O) groups is 1. The number of anilines is 1. The van der Waals surface area contributed by atoms with Crippen LogP contribution in [0.15, 0.2) is 35.7 Å². The normalized spacial score (nSPS) is 15.0. The molecule has 1 N–H and O–H groups in total. The molecule has 1 aliphatic heterocycles. The maximum absolute atomic E-state index is 13.7. The van der Waals surface area contributed by atoms with Gasteiger partial charge in [-0.15, -0.1) is 11.3 Å².